The van der Waals surface area contributed by atoms with Gasteiger partial charge in [0, 0.05) is 12.6 Å². The van der Waals surface area contributed by atoms with E-state index in [9.17, 15) is 0 Å². The molecule has 0 aliphatic heterocycles. The van der Waals surface area contributed by atoms with Crippen LogP contribution in [-0.2, 0) is 13.2 Å². The molecule has 2 heteroatoms. The maximum Gasteiger partial charge on any atom is 0.0681 e. The summed E-state index contributed by atoms with van der Waals surface area (Å²) in [5, 5.41) is 12.5. The van der Waals surface area contributed by atoms with E-state index in [2.05, 4.69) is 38.2 Å². The summed E-state index contributed by atoms with van der Waals surface area (Å²) in [4.78, 5) is 0. The van der Waals surface area contributed by atoms with Crippen molar-refractivity contribution in [2.24, 2.45) is 5.92 Å². The Kier molecular flexibility index (Phi) is 6.23. The predicted molar refractivity (Wildman–Crippen MR) is 72.7 cm³/mol. The Morgan fingerprint density at radius 3 is 2.24 bits per heavy atom. The number of aliphatic hydroxyl groups is 1. The molecule has 96 valence electrons. The third-order valence-corrected chi connectivity index (χ3v) is 3.31. The second-order valence-electron chi connectivity index (χ2n) is 5.01. The largest absolute Gasteiger partial charge is 0.392 e. The number of nitrogens with one attached hydrogen (secondary N) is 1. The van der Waals surface area contributed by atoms with Crippen molar-refractivity contribution in [3.63, 3.8) is 0 Å². The molecule has 0 aromatic heterocycles. The van der Waals surface area contributed by atoms with Crippen LogP contribution in [0.25, 0.3) is 0 Å². The highest BCUT2D eigenvalue weighted by atomic mass is 16.3. The van der Waals surface area contributed by atoms with Crippen LogP contribution in [0.1, 0.15) is 44.7 Å². The van der Waals surface area contributed by atoms with E-state index in [0.717, 1.165) is 18.0 Å². The van der Waals surface area contributed by atoms with Gasteiger partial charge in [0.1, 0.15) is 0 Å². The molecular weight excluding hydrogens is 210 g/mol. The quantitative estimate of drug-likeness (QED) is 0.761. The molecule has 2 nitrogen and oxygen atoms in total. The van der Waals surface area contributed by atoms with Crippen molar-refractivity contribution in [3.05, 3.63) is 35.4 Å². The second-order valence-corrected chi connectivity index (χ2v) is 5.01. The van der Waals surface area contributed by atoms with Crippen molar-refractivity contribution < 1.29 is 5.11 Å². The third kappa shape index (κ3) is 5.33. The molecule has 1 aromatic carbocycles. The van der Waals surface area contributed by atoms with E-state index in [1.165, 1.54) is 18.4 Å². The van der Waals surface area contributed by atoms with Crippen LogP contribution < -0.4 is 5.32 Å². The molecule has 0 heterocycles. The Morgan fingerprint density at radius 2 is 1.71 bits per heavy atom. The molecule has 2 N–H and O–H groups in total. The van der Waals surface area contributed by atoms with Crippen molar-refractivity contribution >= 4 is 0 Å². The molecule has 0 radical (unpaired) electrons. The van der Waals surface area contributed by atoms with Gasteiger partial charge in [-0.3, -0.25) is 0 Å². The van der Waals surface area contributed by atoms with Gasteiger partial charge >= 0.3 is 0 Å². The average Bonchev–Trinajstić information content (AvgIpc) is 2.36. The molecule has 0 saturated carbocycles. The summed E-state index contributed by atoms with van der Waals surface area (Å²) >= 11 is 0. The summed E-state index contributed by atoms with van der Waals surface area (Å²) in [7, 11) is 0. The molecule has 0 amide bonds. The van der Waals surface area contributed by atoms with E-state index < -0.39 is 0 Å². The van der Waals surface area contributed by atoms with Crippen molar-refractivity contribution in [1.29, 1.82) is 0 Å². The molecule has 1 aromatic rings. The number of hydrogen-bond acceptors (Lipinski definition) is 2. The Labute approximate surface area is 105 Å². The number of benzene rings is 1. The topological polar surface area (TPSA) is 32.3 Å². The van der Waals surface area contributed by atoms with Gasteiger partial charge in [-0.1, -0.05) is 44.5 Å². The van der Waals surface area contributed by atoms with Crippen LogP contribution in [0.5, 0.6) is 0 Å². The fraction of sp³-hybridized carbons (Fsp3) is 0.600. The van der Waals surface area contributed by atoms with Crippen LogP contribution in [0.15, 0.2) is 24.3 Å². The van der Waals surface area contributed by atoms with Gasteiger partial charge in [-0.2, -0.15) is 0 Å². The zero-order valence-corrected chi connectivity index (χ0v) is 11.2. The summed E-state index contributed by atoms with van der Waals surface area (Å²) in [5.41, 5.74) is 2.25. The first kappa shape index (κ1) is 14.2. The molecule has 0 aliphatic carbocycles. The van der Waals surface area contributed by atoms with Crippen LogP contribution in [0.2, 0.25) is 0 Å². The van der Waals surface area contributed by atoms with Crippen molar-refractivity contribution in [1.82, 2.24) is 5.32 Å². The summed E-state index contributed by atoms with van der Waals surface area (Å²) in [5.74, 6) is 0.786. The average molecular weight is 235 g/mol. The summed E-state index contributed by atoms with van der Waals surface area (Å²) in [6.07, 6.45) is 2.47. The lowest BCUT2D eigenvalue weighted by molar-refractivity contribution is 0.282. The highest BCUT2D eigenvalue weighted by Gasteiger charge is 2.06. The number of hydrogen-bond donors (Lipinski definition) is 2. The first-order chi connectivity index (χ1) is 8.15. The number of aliphatic hydroxyl groups excluding tert-OH is 1. The van der Waals surface area contributed by atoms with Crippen molar-refractivity contribution in [2.75, 3.05) is 0 Å². The van der Waals surface area contributed by atoms with E-state index in [1.54, 1.807) is 0 Å². The summed E-state index contributed by atoms with van der Waals surface area (Å²) < 4.78 is 0. The van der Waals surface area contributed by atoms with Crippen molar-refractivity contribution in [3.8, 4) is 0 Å². The van der Waals surface area contributed by atoms with E-state index in [-0.39, 0.29) is 6.61 Å². The first-order valence-electron chi connectivity index (χ1n) is 6.57. The van der Waals surface area contributed by atoms with Gasteiger partial charge < -0.3 is 10.4 Å². The Bertz CT molecular complexity index is 307. The minimum Gasteiger partial charge on any atom is -0.392 e. The fourth-order valence-corrected chi connectivity index (χ4v) is 1.91. The summed E-state index contributed by atoms with van der Waals surface area (Å²) in [6.45, 7) is 7.81. The lowest BCUT2D eigenvalue weighted by Crippen LogP contribution is -2.27. The lowest BCUT2D eigenvalue weighted by Gasteiger charge is -2.17. The normalized spacial score (nSPS) is 14.6. The van der Waals surface area contributed by atoms with Crippen molar-refractivity contribution in [2.45, 2.75) is 52.8 Å². The maximum absolute atomic E-state index is 8.96. The molecular formula is C15H25NO. The Balaban J connectivity index is 2.34. The second kappa shape index (κ2) is 7.46. The smallest absolute Gasteiger partial charge is 0.0681 e. The van der Waals surface area contributed by atoms with Gasteiger partial charge in [-0.15, -0.1) is 0 Å². The summed E-state index contributed by atoms with van der Waals surface area (Å²) in [6, 6.07) is 8.68. The maximum atomic E-state index is 8.96. The molecule has 0 fully saturated rings. The van der Waals surface area contributed by atoms with E-state index in [1.807, 2.05) is 12.1 Å². The fourth-order valence-electron chi connectivity index (χ4n) is 1.91. The van der Waals surface area contributed by atoms with Crippen LogP contribution in [0.4, 0.5) is 0 Å². The third-order valence-electron chi connectivity index (χ3n) is 3.31. The van der Waals surface area contributed by atoms with E-state index in [4.69, 9.17) is 5.11 Å². The monoisotopic (exact) mass is 235 g/mol. The van der Waals surface area contributed by atoms with Crippen LogP contribution in [0.3, 0.4) is 0 Å². The van der Waals surface area contributed by atoms with Crippen LogP contribution in [0, 0.1) is 5.92 Å². The van der Waals surface area contributed by atoms with E-state index >= 15 is 0 Å². The standard InChI is InChI=1S/C15H25NO/c1-4-12(2)9-13(3)16-10-14-5-7-15(11-17)8-6-14/h5-8,12-13,16-17H,4,9-11H2,1-3H3. The number of rotatable bonds is 7. The van der Waals surface area contributed by atoms with Gasteiger partial charge in [-0.25, -0.2) is 0 Å². The van der Waals surface area contributed by atoms with Gasteiger partial charge in [0.2, 0.25) is 0 Å². The predicted octanol–water partition coefficient (Wildman–Crippen LogP) is 3.09. The van der Waals surface area contributed by atoms with Gasteiger partial charge in [0.25, 0.3) is 0 Å². The van der Waals surface area contributed by atoms with Crippen LogP contribution in [-0.4, -0.2) is 11.1 Å². The van der Waals surface area contributed by atoms with Gasteiger partial charge in [-0.05, 0) is 30.4 Å². The van der Waals surface area contributed by atoms with E-state index in [0.29, 0.717) is 6.04 Å². The zero-order valence-electron chi connectivity index (χ0n) is 11.2. The highest BCUT2D eigenvalue weighted by molar-refractivity contribution is 5.21. The molecule has 17 heavy (non-hydrogen) atoms. The SMILES string of the molecule is CCC(C)CC(C)NCc1ccc(CO)cc1. The van der Waals surface area contributed by atoms with Crippen LogP contribution >= 0.6 is 0 Å². The zero-order chi connectivity index (χ0) is 12.7. The highest BCUT2D eigenvalue weighted by Crippen LogP contribution is 2.10. The molecule has 0 bridgehead atoms. The van der Waals surface area contributed by atoms with Gasteiger partial charge in [0.15, 0.2) is 0 Å². The first-order valence-corrected chi connectivity index (χ1v) is 6.57. The molecule has 2 unspecified atom stereocenters. The molecule has 0 spiro atoms. The molecule has 1 rings (SSSR count). The van der Waals surface area contributed by atoms with Gasteiger partial charge in [0.05, 0.1) is 6.61 Å². The molecule has 2 atom stereocenters. The molecule has 0 saturated heterocycles. The molecule has 0 aliphatic rings. The Hall–Kier alpha value is -0.860. The Morgan fingerprint density at radius 1 is 1.12 bits per heavy atom. The minimum atomic E-state index is 0.123. The lowest BCUT2D eigenvalue weighted by atomic mass is 10.0. The minimum absolute atomic E-state index is 0.123.